The van der Waals surface area contributed by atoms with Crippen molar-refractivity contribution in [2.24, 2.45) is 0 Å². The number of methoxy groups -OCH3 is 1. The van der Waals surface area contributed by atoms with Gasteiger partial charge in [-0.15, -0.1) is 0 Å². The lowest BCUT2D eigenvalue weighted by molar-refractivity contribution is -0.310. The summed E-state index contributed by atoms with van der Waals surface area (Å²) in [6.45, 7) is 1.90. The average Bonchev–Trinajstić information content (AvgIpc) is 3.04. The molecule has 0 aliphatic carbocycles. The van der Waals surface area contributed by atoms with Crippen LogP contribution in [-0.4, -0.2) is 44.4 Å². The molecule has 0 N–H and O–H groups in total. The van der Waals surface area contributed by atoms with Crippen LogP contribution in [0.25, 0.3) is 0 Å². The lowest BCUT2D eigenvalue weighted by atomic mass is 9.97. The summed E-state index contributed by atoms with van der Waals surface area (Å²) in [4.78, 5) is 0. The Morgan fingerprint density at radius 1 is 0.643 bits per heavy atom. The van der Waals surface area contributed by atoms with Crippen LogP contribution in [0.2, 0.25) is 0 Å². The molecule has 42 heavy (non-hydrogen) atoms. The van der Waals surface area contributed by atoms with Crippen LogP contribution in [0, 0.1) is 0 Å². The molecule has 1 fully saturated rings. The van der Waals surface area contributed by atoms with Crippen LogP contribution in [0.5, 0.6) is 11.5 Å². The molecule has 1 saturated heterocycles. The Kier molecular flexibility index (Phi) is 9.44. The molecule has 2 aliphatic heterocycles. The van der Waals surface area contributed by atoms with E-state index in [0.717, 1.165) is 28.0 Å². The van der Waals surface area contributed by atoms with Gasteiger partial charge in [0, 0.05) is 0 Å². The minimum atomic E-state index is -0.771. The van der Waals surface area contributed by atoms with Crippen molar-refractivity contribution in [2.75, 3.05) is 13.7 Å². The summed E-state index contributed by atoms with van der Waals surface area (Å²) >= 11 is 0. The van der Waals surface area contributed by atoms with Crippen molar-refractivity contribution in [1.82, 2.24) is 0 Å². The number of benzene rings is 4. The van der Waals surface area contributed by atoms with Gasteiger partial charge in [0.05, 0.1) is 40.1 Å². The van der Waals surface area contributed by atoms with Crippen molar-refractivity contribution in [3.63, 3.8) is 0 Å². The summed E-state index contributed by atoms with van der Waals surface area (Å²) in [5, 5.41) is 0. The van der Waals surface area contributed by atoms with Crippen LogP contribution in [-0.2, 0) is 50.1 Å². The van der Waals surface area contributed by atoms with Crippen molar-refractivity contribution in [3.8, 4) is 11.5 Å². The third-order valence-corrected chi connectivity index (χ3v) is 7.56. The standard InChI is InChI=1S/C35H36O7/c1-36-29-16-18-30(19-17-29)41-35-34(39-21-26-12-6-3-7-13-26)33-32(38-20-25-10-4-2-5-11-25)31(42-35)24-37-22-27-14-8-9-15-28(27)23-40-33/h2-19,31-35H,20-24H2,1H3/t31-,32+,33+,34-,35-/m1/s1. The highest BCUT2D eigenvalue weighted by Crippen LogP contribution is 2.33. The van der Waals surface area contributed by atoms with Crippen molar-refractivity contribution in [1.29, 1.82) is 0 Å². The van der Waals surface area contributed by atoms with E-state index in [1.54, 1.807) is 7.11 Å². The van der Waals surface area contributed by atoms with Crippen LogP contribution < -0.4 is 9.47 Å². The Morgan fingerprint density at radius 3 is 1.86 bits per heavy atom. The fraction of sp³-hybridized carbons (Fsp3) is 0.314. The molecule has 2 heterocycles. The Morgan fingerprint density at radius 2 is 1.21 bits per heavy atom. The zero-order chi connectivity index (χ0) is 28.6. The van der Waals surface area contributed by atoms with Gasteiger partial charge in [0.25, 0.3) is 0 Å². The summed E-state index contributed by atoms with van der Waals surface area (Å²) in [6, 6.07) is 35.7. The van der Waals surface area contributed by atoms with E-state index in [1.165, 1.54) is 0 Å². The first-order valence-corrected chi connectivity index (χ1v) is 14.3. The number of fused-ring (bicyclic) bond motifs is 3. The maximum atomic E-state index is 6.74. The van der Waals surface area contributed by atoms with E-state index >= 15 is 0 Å². The van der Waals surface area contributed by atoms with Gasteiger partial charge in [-0.05, 0) is 46.5 Å². The van der Waals surface area contributed by atoms with E-state index in [4.69, 9.17) is 33.2 Å². The van der Waals surface area contributed by atoms with E-state index in [2.05, 4.69) is 12.1 Å². The second kappa shape index (κ2) is 14.0. The van der Waals surface area contributed by atoms with Gasteiger partial charge < -0.3 is 33.2 Å². The number of ether oxygens (including phenoxy) is 7. The molecule has 0 radical (unpaired) electrons. The lowest BCUT2D eigenvalue weighted by Crippen LogP contribution is -2.62. The fourth-order valence-electron chi connectivity index (χ4n) is 5.31. The van der Waals surface area contributed by atoms with Crippen LogP contribution >= 0.6 is 0 Å². The van der Waals surface area contributed by atoms with E-state index in [-0.39, 0.29) is 0 Å². The lowest BCUT2D eigenvalue weighted by Gasteiger charge is -2.46. The zero-order valence-corrected chi connectivity index (χ0v) is 23.7. The van der Waals surface area contributed by atoms with Crippen molar-refractivity contribution >= 4 is 0 Å². The Labute approximate surface area is 246 Å². The molecule has 7 heteroatoms. The Hall–Kier alpha value is -3.72. The second-order valence-corrected chi connectivity index (χ2v) is 10.4. The van der Waals surface area contributed by atoms with E-state index in [1.807, 2.05) is 97.1 Å². The van der Waals surface area contributed by atoms with Crippen molar-refractivity contribution in [2.45, 2.75) is 57.1 Å². The molecule has 0 spiro atoms. The third-order valence-electron chi connectivity index (χ3n) is 7.56. The Bertz CT molecular complexity index is 1380. The summed E-state index contributed by atoms with van der Waals surface area (Å²) in [5.74, 6) is 1.38. The van der Waals surface area contributed by atoms with E-state index < -0.39 is 30.7 Å². The molecular weight excluding hydrogens is 532 g/mol. The fourth-order valence-corrected chi connectivity index (χ4v) is 5.31. The van der Waals surface area contributed by atoms with Gasteiger partial charge >= 0.3 is 0 Å². The molecule has 0 aromatic heterocycles. The van der Waals surface area contributed by atoms with Gasteiger partial charge in [0.1, 0.15) is 35.9 Å². The predicted octanol–water partition coefficient (Wildman–Crippen LogP) is 6.09. The summed E-state index contributed by atoms with van der Waals surface area (Å²) in [5.41, 5.74) is 4.26. The Balaban J connectivity index is 1.32. The first kappa shape index (κ1) is 28.4. The maximum Gasteiger partial charge on any atom is 0.229 e. The molecule has 6 rings (SSSR count). The highest BCUT2D eigenvalue weighted by molar-refractivity contribution is 5.31. The second-order valence-electron chi connectivity index (χ2n) is 10.4. The van der Waals surface area contributed by atoms with Gasteiger partial charge in [-0.1, -0.05) is 84.9 Å². The zero-order valence-electron chi connectivity index (χ0n) is 23.7. The molecule has 7 nitrogen and oxygen atoms in total. The van der Waals surface area contributed by atoms with Gasteiger partial charge in [-0.2, -0.15) is 0 Å². The average molecular weight is 569 g/mol. The number of hydrogen-bond acceptors (Lipinski definition) is 7. The molecule has 4 aromatic carbocycles. The minimum absolute atomic E-state index is 0.307. The smallest absolute Gasteiger partial charge is 0.229 e. The van der Waals surface area contributed by atoms with E-state index in [9.17, 15) is 0 Å². The van der Waals surface area contributed by atoms with Crippen molar-refractivity contribution in [3.05, 3.63) is 131 Å². The van der Waals surface area contributed by atoms with Gasteiger partial charge in [-0.3, -0.25) is 0 Å². The molecule has 218 valence electrons. The molecule has 2 bridgehead atoms. The molecule has 4 aromatic rings. The molecule has 2 aliphatic rings. The highest BCUT2D eigenvalue weighted by Gasteiger charge is 2.50. The predicted molar refractivity (Wildman–Crippen MR) is 157 cm³/mol. The topological polar surface area (TPSA) is 64.6 Å². The minimum Gasteiger partial charge on any atom is -0.497 e. The molecule has 0 unspecified atom stereocenters. The third kappa shape index (κ3) is 7.01. The number of hydrogen-bond donors (Lipinski definition) is 0. The molecule has 5 atom stereocenters. The summed E-state index contributed by atoms with van der Waals surface area (Å²) in [6.07, 6.45) is -2.80. The van der Waals surface area contributed by atoms with Crippen LogP contribution in [0.15, 0.2) is 109 Å². The van der Waals surface area contributed by atoms with Gasteiger partial charge in [0.15, 0.2) is 0 Å². The van der Waals surface area contributed by atoms with Crippen LogP contribution in [0.4, 0.5) is 0 Å². The summed E-state index contributed by atoms with van der Waals surface area (Å²) in [7, 11) is 1.64. The first-order chi connectivity index (χ1) is 20.8. The molecule has 0 amide bonds. The molecule has 0 saturated carbocycles. The molecular formula is C35H36O7. The van der Waals surface area contributed by atoms with Crippen molar-refractivity contribution < 1.29 is 33.2 Å². The monoisotopic (exact) mass is 568 g/mol. The van der Waals surface area contributed by atoms with Gasteiger partial charge in [0.2, 0.25) is 6.29 Å². The first-order valence-electron chi connectivity index (χ1n) is 14.3. The van der Waals surface area contributed by atoms with Crippen LogP contribution in [0.3, 0.4) is 0 Å². The largest absolute Gasteiger partial charge is 0.497 e. The summed E-state index contributed by atoms with van der Waals surface area (Å²) < 4.78 is 44.6. The highest BCUT2D eigenvalue weighted by atomic mass is 16.7. The SMILES string of the molecule is COc1ccc(O[C@@H]2O[C@@H]3COCc4ccccc4CO[C@@H]([C@H]3OCc3ccccc3)[C@H]2OCc2ccccc2)cc1. The number of rotatable bonds is 9. The van der Waals surface area contributed by atoms with Crippen LogP contribution in [0.1, 0.15) is 22.3 Å². The van der Waals surface area contributed by atoms with E-state index in [0.29, 0.717) is 38.8 Å². The maximum absolute atomic E-state index is 6.74. The normalized spacial score (nSPS) is 23.9. The quantitative estimate of drug-likeness (QED) is 0.242. The van der Waals surface area contributed by atoms with Gasteiger partial charge in [-0.25, -0.2) is 0 Å².